The molecule has 3 rings (SSSR count). The first kappa shape index (κ1) is 23.9. The van der Waals surface area contributed by atoms with Crippen LogP contribution in [0.4, 0.5) is 10.1 Å². The highest BCUT2D eigenvalue weighted by Crippen LogP contribution is 2.23. The van der Waals surface area contributed by atoms with Crippen molar-refractivity contribution in [2.75, 3.05) is 11.1 Å². The molecule has 0 fully saturated rings. The molecule has 1 heterocycles. The molecule has 1 aromatic heterocycles. The monoisotopic (exact) mass is 519 g/mol. The fourth-order valence-corrected chi connectivity index (χ4v) is 4.24. The fraction of sp³-hybridized carbons (Fsp3) is 0.273. The lowest BCUT2D eigenvalue weighted by Crippen LogP contribution is -2.29. The van der Waals surface area contributed by atoms with Gasteiger partial charge in [0, 0.05) is 16.6 Å². The van der Waals surface area contributed by atoms with Gasteiger partial charge in [-0.1, -0.05) is 45.9 Å². The molecule has 0 aliphatic heterocycles. The second kappa shape index (κ2) is 10.7. The number of hydrogen-bond donors (Lipinski definition) is 2. The van der Waals surface area contributed by atoms with Gasteiger partial charge < -0.3 is 15.2 Å². The second-order valence-electron chi connectivity index (χ2n) is 7.06. The molecule has 0 aliphatic rings. The van der Waals surface area contributed by atoms with Gasteiger partial charge in [-0.05, 0) is 50.6 Å². The predicted molar refractivity (Wildman–Crippen MR) is 126 cm³/mol. The van der Waals surface area contributed by atoms with Gasteiger partial charge in [0.15, 0.2) is 11.0 Å². The second-order valence-corrected chi connectivity index (χ2v) is 8.91. The molecule has 0 aliphatic carbocycles. The predicted octanol–water partition coefficient (Wildman–Crippen LogP) is 4.73. The van der Waals surface area contributed by atoms with Gasteiger partial charge in [0.2, 0.25) is 5.91 Å². The number of carbonyl (C=O) groups excluding carboxylic acids is 2. The zero-order valence-electron chi connectivity index (χ0n) is 17.9. The molecule has 10 heteroatoms. The first-order chi connectivity index (χ1) is 15.3. The van der Waals surface area contributed by atoms with Crippen LogP contribution in [0, 0.1) is 12.7 Å². The molecule has 0 unspecified atom stereocenters. The fourth-order valence-electron chi connectivity index (χ4n) is 3.10. The molecular formula is C22H23BrFN5O2S. The van der Waals surface area contributed by atoms with Crippen LogP contribution in [0.1, 0.15) is 41.6 Å². The Morgan fingerprint density at radius 1 is 1.22 bits per heavy atom. The van der Waals surface area contributed by atoms with Gasteiger partial charge in [-0.15, -0.1) is 10.2 Å². The molecule has 2 N–H and O–H groups in total. The molecular weight excluding hydrogens is 497 g/mol. The minimum atomic E-state index is -0.519. The van der Waals surface area contributed by atoms with Crippen LogP contribution in [-0.4, -0.2) is 32.3 Å². The molecule has 168 valence electrons. The number of thioether (sulfide) groups is 1. The molecule has 0 spiro atoms. The first-order valence-electron chi connectivity index (χ1n) is 9.97. The largest absolute Gasteiger partial charge is 0.342 e. The Morgan fingerprint density at radius 3 is 2.66 bits per heavy atom. The van der Waals surface area contributed by atoms with E-state index >= 15 is 0 Å². The summed E-state index contributed by atoms with van der Waals surface area (Å²) in [5.74, 6) is -0.431. The lowest BCUT2D eigenvalue weighted by atomic mass is 10.1. The number of nitrogens with zero attached hydrogens (tertiary/aromatic N) is 3. The molecule has 32 heavy (non-hydrogen) atoms. The molecule has 2 amide bonds. The number of aromatic nitrogens is 3. The molecule has 2 aromatic carbocycles. The summed E-state index contributed by atoms with van der Waals surface area (Å²) in [6.07, 6.45) is 0. The van der Waals surface area contributed by atoms with Gasteiger partial charge >= 0.3 is 0 Å². The van der Waals surface area contributed by atoms with E-state index in [0.717, 1.165) is 5.56 Å². The van der Waals surface area contributed by atoms with Crippen LogP contribution < -0.4 is 10.6 Å². The van der Waals surface area contributed by atoms with E-state index < -0.39 is 5.82 Å². The molecule has 0 saturated carbocycles. The summed E-state index contributed by atoms with van der Waals surface area (Å²) in [6.45, 7) is 6.22. The average Bonchev–Trinajstić information content (AvgIpc) is 3.17. The van der Waals surface area contributed by atoms with E-state index in [0.29, 0.717) is 27.6 Å². The van der Waals surface area contributed by atoms with Crippen molar-refractivity contribution in [3.05, 3.63) is 69.7 Å². The van der Waals surface area contributed by atoms with Gasteiger partial charge in [-0.3, -0.25) is 9.59 Å². The van der Waals surface area contributed by atoms with Crippen molar-refractivity contribution in [2.45, 2.75) is 38.5 Å². The van der Waals surface area contributed by atoms with E-state index in [4.69, 9.17) is 0 Å². The van der Waals surface area contributed by atoms with Crippen LogP contribution in [0.3, 0.4) is 0 Å². The minimum absolute atomic E-state index is 0.0393. The van der Waals surface area contributed by atoms with Crippen LogP contribution in [0.25, 0.3) is 0 Å². The van der Waals surface area contributed by atoms with Gasteiger partial charge in [-0.2, -0.15) is 0 Å². The topological polar surface area (TPSA) is 88.9 Å². The minimum Gasteiger partial charge on any atom is -0.342 e. The van der Waals surface area contributed by atoms with Crippen molar-refractivity contribution in [1.29, 1.82) is 0 Å². The number of anilines is 1. The lowest BCUT2D eigenvalue weighted by Gasteiger charge is -2.16. The van der Waals surface area contributed by atoms with Crippen molar-refractivity contribution in [2.24, 2.45) is 0 Å². The van der Waals surface area contributed by atoms with Crippen molar-refractivity contribution >= 4 is 45.2 Å². The molecule has 0 saturated heterocycles. The first-order valence-corrected chi connectivity index (χ1v) is 11.7. The van der Waals surface area contributed by atoms with Gasteiger partial charge in [0.05, 0.1) is 17.5 Å². The number of hydrogen-bond acceptors (Lipinski definition) is 5. The maximum atomic E-state index is 13.9. The van der Waals surface area contributed by atoms with E-state index in [1.165, 1.54) is 23.9 Å². The highest BCUT2D eigenvalue weighted by atomic mass is 79.9. The average molecular weight is 520 g/mol. The van der Waals surface area contributed by atoms with Crippen LogP contribution in [0.5, 0.6) is 0 Å². The third-order valence-electron chi connectivity index (χ3n) is 4.72. The summed E-state index contributed by atoms with van der Waals surface area (Å²) in [7, 11) is 0. The van der Waals surface area contributed by atoms with Crippen LogP contribution in [-0.2, 0) is 11.3 Å². The number of nitrogens with one attached hydrogen (secondary N) is 2. The van der Waals surface area contributed by atoms with E-state index in [1.807, 2.05) is 43.5 Å². The highest BCUT2D eigenvalue weighted by molar-refractivity contribution is 9.10. The maximum absolute atomic E-state index is 13.9. The van der Waals surface area contributed by atoms with Crippen molar-refractivity contribution in [1.82, 2.24) is 20.1 Å². The summed E-state index contributed by atoms with van der Waals surface area (Å²) >= 11 is 4.38. The van der Waals surface area contributed by atoms with E-state index in [-0.39, 0.29) is 29.3 Å². The smallest absolute Gasteiger partial charge is 0.252 e. The summed E-state index contributed by atoms with van der Waals surface area (Å²) in [5, 5.41) is 14.5. The number of carbonyl (C=O) groups is 2. The van der Waals surface area contributed by atoms with E-state index in [1.54, 1.807) is 12.1 Å². The molecule has 0 bridgehead atoms. The standard InChI is InChI=1S/C22H23BrFN5O2S/c1-4-29-20(14(3)25-21(31)16-8-6-5-7-13(16)2)27-28-22(29)32-12-19(30)26-18-10-9-15(23)11-17(18)24/h5-11,14H,4,12H2,1-3H3,(H,25,31)(H,26,30)/t14-/m1/s1. The number of rotatable bonds is 8. The third-order valence-corrected chi connectivity index (χ3v) is 6.18. The van der Waals surface area contributed by atoms with Crippen LogP contribution in [0.2, 0.25) is 0 Å². The lowest BCUT2D eigenvalue weighted by molar-refractivity contribution is -0.113. The summed E-state index contributed by atoms with van der Waals surface area (Å²) in [5.41, 5.74) is 1.61. The quantitative estimate of drug-likeness (QED) is 0.420. The van der Waals surface area contributed by atoms with Crippen molar-refractivity contribution in [3.8, 4) is 0 Å². The number of benzene rings is 2. The molecule has 1 atom stereocenters. The Morgan fingerprint density at radius 2 is 1.97 bits per heavy atom. The van der Waals surface area contributed by atoms with E-state index in [9.17, 15) is 14.0 Å². The van der Waals surface area contributed by atoms with Crippen molar-refractivity contribution in [3.63, 3.8) is 0 Å². The maximum Gasteiger partial charge on any atom is 0.252 e. The Bertz CT molecular complexity index is 1140. The number of amides is 2. The number of halogens is 2. The van der Waals surface area contributed by atoms with Crippen molar-refractivity contribution < 1.29 is 14.0 Å². The summed E-state index contributed by atoms with van der Waals surface area (Å²) < 4.78 is 16.4. The van der Waals surface area contributed by atoms with Crippen LogP contribution >= 0.6 is 27.7 Å². The highest BCUT2D eigenvalue weighted by Gasteiger charge is 2.21. The zero-order chi connectivity index (χ0) is 23.3. The Labute approximate surface area is 198 Å². The van der Waals surface area contributed by atoms with E-state index in [2.05, 4.69) is 36.8 Å². The van der Waals surface area contributed by atoms with Gasteiger partial charge in [0.25, 0.3) is 5.91 Å². The van der Waals surface area contributed by atoms with Crippen LogP contribution in [0.15, 0.2) is 52.1 Å². The molecule has 0 radical (unpaired) electrons. The Balaban J connectivity index is 1.64. The Kier molecular flexibility index (Phi) is 8.03. The Hall–Kier alpha value is -2.72. The third kappa shape index (κ3) is 5.74. The zero-order valence-corrected chi connectivity index (χ0v) is 20.3. The number of aryl methyl sites for hydroxylation is 1. The summed E-state index contributed by atoms with van der Waals surface area (Å²) in [6, 6.07) is 11.4. The normalized spacial score (nSPS) is 11.8. The summed E-state index contributed by atoms with van der Waals surface area (Å²) in [4.78, 5) is 24.9. The van der Waals surface area contributed by atoms with Gasteiger partial charge in [0.1, 0.15) is 5.82 Å². The van der Waals surface area contributed by atoms with Gasteiger partial charge in [-0.25, -0.2) is 4.39 Å². The molecule has 3 aromatic rings. The SMILES string of the molecule is CCn1c(SCC(=O)Nc2ccc(Br)cc2F)nnc1[C@@H](C)NC(=O)c1ccccc1C. The molecule has 7 nitrogen and oxygen atoms in total.